The molecule has 0 fully saturated rings. The lowest BCUT2D eigenvalue weighted by Gasteiger charge is -2.14. The molecule has 1 rings (SSSR count). The summed E-state index contributed by atoms with van der Waals surface area (Å²) in [5, 5.41) is 0. The second-order valence-corrected chi connectivity index (χ2v) is 5.90. The highest BCUT2D eigenvalue weighted by Gasteiger charge is 2.17. The van der Waals surface area contributed by atoms with E-state index in [-0.39, 0.29) is 6.04 Å². The van der Waals surface area contributed by atoms with E-state index in [1.807, 2.05) is 33.8 Å². The van der Waals surface area contributed by atoms with Crippen LogP contribution in [-0.2, 0) is 10.0 Å². The van der Waals surface area contributed by atoms with Crippen molar-refractivity contribution in [1.82, 2.24) is 4.72 Å². The standard InChI is InChI=1S/C13H19NO2S/c1-5-11(3)12(4)14-17(15,16)13-8-6-10(2)7-9-13/h5-9,12,14H,1-4H3/b11-5+. The first-order valence-electron chi connectivity index (χ1n) is 5.58. The zero-order valence-corrected chi connectivity index (χ0v) is 11.5. The summed E-state index contributed by atoms with van der Waals surface area (Å²) in [5.41, 5.74) is 2.04. The molecule has 4 heteroatoms. The summed E-state index contributed by atoms with van der Waals surface area (Å²) in [6.07, 6.45) is 1.91. The molecule has 0 amide bonds. The van der Waals surface area contributed by atoms with E-state index in [9.17, 15) is 8.42 Å². The minimum absolute atomic E-state index is 0.189. The molecule has 0 aliphatic carbocycles. The van der Waals surface area contributed by atoms with Crippen LogP contribution in [0.1, 0.15) is 26.3 Å². The molecule has 0 bridgehead atoms. The van der Waals surface area contributed by atoms with Gasteiger partial charge in [-0.1, -0.05) is 29.3 Å². The van der Waals surface area contributed by atoms with Gasteiger partial charge in [-0.05, 0) is 39.8 Å². The van der Waals surface area contributed by atoms with Crippen LogP contribution >= 0.6 is 0 Å². The number of nitrogens with one attached hydrogen (secondary N) is 1. The SMILES string of the molecule is C/C=C(\C)C(C)NS(=O)(=O)c1ccc(C)cc1. The first-order chi connectivity index (χ1) is 7.86. The smallest absolute Gasteiger partial charge is 0.207 e. The number of rotatable bonds is 4. The fourth-order valence-corrected chi connectivity index (χ4v) is 2.64. The first-order valence-corrected chi connectivity index (χ1v) is 7.07. The van der Waals surface area contributed by atoms with Gasteiger partial charge in [0.2, 0.25) is 10.0 Å². The van der Waals surface area contributed by atoms with Gasteiger partial charge in [0.15, 0.2) is 0 Å². The highest BCUT2D eigenvalue weighted by atomic mass is 32.2. The van der Waals surface area contributed by atoms with Crippen molar-refractivity contribution in [3.8, 4) is 0 Å². The Kier molecular flexibility index (Phi) is 4.48. The van der Waals surface area contributed by atoms with Crippen LogP contribution in [0, 0.1) is 6.92 Å². The first kappa shape index (κ1) is 13.9. The van der Waals surface area contributed by atoms with Crippen LogP contribution in [0.15, 0.2) is 40.8 Å². The maximum atomic E-state index is 12.0. The van der Waals surface area contributed by atoms with Crippen LogP contribution in [0.2, 0.25) is 0 Å². The van der Waals surface area contributed by atoms with Gasteiger partial charge < -0.3 is 0 Å². The molecule has 0 aliphatic heterocycles. The van der Waals surface area contributed by atoms with E-state index in [1.54, 1.807) is 24.3 Å². The van der Waals surface area contributed by atoms with Crippen molar-refractivity contribution in [3.63, 3.8) is 0 Å². The molecule has 0 saturated heterocycles. The monoisotopic (exact) mass is 253 g/mol. The Labute approximate surface area is 104 Å². The Morgan fingerprint density at radius 1 is 1.29 bits per heavy atom. The number of hydrogen-bond acceptors (Lipinski definition) is 2. The van der Waals surface area contributed by atoms with E-state index in [2.05, 4.69) is 4.72 Å². The summed E-state index contributed by atoms with van der Waals surface area (Å²) >= 11 is 0. The van der Waals surface area contributed by atoms with E-state index < -0.39 is 10.0 Å². The number of aryl methyl sites for hydroxylation is 1. The third-order valence-corrected chi connectivity index (χ3v) is 4.36. The van der Waals surface area contributed by atoms with Crippen molar-refractivity contribution >= 4 is 10.0 Å². The van der Waals surface area contributed by atoms with Gasteiger partial charge in [-0.15, -0.1) is 0 Å². The third kappa shape index (κ3) is 3.68. The van der Waals surface area contributed by atoms with Crippen molar-refractivity contribution in [2.24, 2.45) is 0 Å². The molecule has 0 radical (unpaired) electrons. The lowest BCUT2D eigenvalue weighted by atomic mass is 10.2. The van der Waals surface area contributed by atoms with Gasteiger partial charge in [-0.2, -0.15) is 0 Å². The molecule has 1 atom stereocenters. The predicted octanol–water partition coefficient (Wildman–Crippen LogP) is 2.63. The summed E-state index contributed by atoms with van der Waals surface area (Å²) < 4.78 is 26.7. The van der Waals surface area contributed by atoms with Crippen LogP contribution in [0.5, 0.6) is 0 Å². The van der Waals surface area contributed by atoms with Crippen LogP contribution in [-0.4, -0.2) is 14.5 Å². The van der Waals surface area contributed by atoms with Crippen molar-refractivity contribution in [2.75, 3.05) is 0 Å². The van der Waals surface area contributed by atoms with E-state index >= 15 is 0 Å². The molecule has 0 saturated carbocycles. The Balaban J connectivity index is 2.93. The summed E-state index contributed by atoms with van der Waals surface area (Å²) in [4.78, 5) is 0.304. The second kappa shape index (κ2) is 5.47. The number of hydrogen-bond donors (Lipinski definition) is 1. The molecule has 0 aromatic heterocycles. The lowest BCUT2D eigenvalue weighted by Crippen LogP contribution is -2.33. The summed E-state index contributed by atoms with van der Waals surface area (Å²) in [6.45, 7) is 7.56. The Morgan fingerprint density at radius 2 is 1.82 bits per heavy atom. The zero-order chi connectivity index (χ0) is 13.1. The minimum atomic E-state index is -3.42. The minimum Gasteiger partial charge on any atom is -0.207 e. The molecule has 1 N–H and O–H groups in total. The highest BCUT2D eigenvalue weighted by Crippen LogP contribution is 2.12. The van der Waals surface area contributed by atoms with Gasteiger partial charge in [0, 0.05) is 6.04 Å². The van der Waals surface area contributed by atoms with Gasteiger partial charge in [0.25, 0.3) is 0 Å². The van der Waals surface area contributed by atoms with Crippen molar-refractivity contribution in [1.29, 1.82) is 0 Å². The van der Waals surface area contributed by atoms with Gasteiger partial charge >= 0.3 is 0 Å². The largest absolute Gasteiger partial charge is 0.241 e. The van der Waals surface area contributed by atoms with Gasteiger partial charge in [-0.25, -0.2) is 13.1 Å². The number of benzene rings is 1. The maximum absolute atomic E-state index is 12.0. The van der Waals surface area contributed by atoms with Crippen molar-refractivity contribution in [2.45, 2.75) is 38.6 Å². The molecular weight excluding hydrogens is 234 g/mol. The molecule has 1 unspecified atom stereocenters. The Bertz CT molecular complexity index is 501. The van der Waals surface area contributed by atoms with E-state index in [1.165, 1.54) is 0 Å². The van der Waals surface area contributed by atoms with Gasteiger partial charge in [0.05, 0.1) is 4.90 Å². The zero-order valence-electron chi connectivity index (χ0n) is 10.7. The predicted molar refractivity (Wildman–Crippen MR) is 70.4 cm³/mol. The van der Waals surface area contributed by atoms with Gasteiger partial charge in [-0.3, -0.25) is 0 Å². The van der Waals surface area contributed by atoms with Crippen LogP contribution in [0.4, 0.5) is 0 Å². The molecule has 1 aromatic carbocycles. The summed E-state index contributed by atoms with van der Waals surface area (Å²) in [7, 11) is -3.42. The number of sulfonamides is 1. The quantitative estimate of drug-likeness (QED) is 0.838. The molecule has 0 spiro atoms. The molecule has 0 heterocycles. The number of allylic oxidation sites excluding steroid dienone is 1. The van der Waals surface area contributed by atoms with Crippen molar-refractivity contribution < 1.29 is 8.42 Å². The van der Waals surface area contributed by atoms with Crippen LogP contribution in [0.25, 0.3) is 0 Å². The second-order valence-electron chi connectivity index (χ2n) is 4.19. The lowest BCUT2D eigenvalue weighted by molar-refractivity contribution is 0.573. The average Bonchev–Trinajstić information content (AvgIpc) is 2.27. The summed E-state index contributed by atoms with van der Waals surface area (Å²) in [6, 6.07) is 6.64. The van der Waals surface area contributed by atoms with Crippen LogP contribution < -0.4 is 4.72 Å². The van der Waals surface area contributed by atoms with Crippen molar-refractivity contribution in [3.05, 3.63) is 41.5 Å². The molecule has 0 aliphatic rings. The van der Waals surface area contributed by atoms with Gasteiger partial charge in [0.1, 0.15) is 0 Å². The average molecular weight is 253 g/mol. The van der Waals surface area contributed by atoms with E-state index in [0.29, 0.717) is 4.90 Å². The third-order valence-electron chi connectivity index (χ3n) is 2.80. The molecule has 17 heavy (non-hydrogen) atoms. The Morgan fingerprint density at radius 3 is 2.29 bits per heavy atom. The molecule has 1 aromatic rings. The van der Waals surface area contributed by atoms with E-state index in [4.69, 9.17) is 0 Å². The Hall–Kier alpha value is -1.13. The molecule has 3 nitrogen and oxygen atoms in total. The molecular formula is C13H19NO2S. The summed E-state index contributed by atoms with van der Waals surface area (Å²) in [5.74, 6) is 0. The highest BCUT2D eigenvalue weighted by molar-refractivity contribution is 7.89. The fourth-order valence-electron chi connectivity index (χ4n) is 1.36. The molecule has 94 valence electrons. The fraction of sp³-hybridized carbons (Fsp3) is 0.385. The van der Waals surface area contributed by atoms with Crippen LogP contribution in [0.3, 0.4) is 0 Å². The normalized spacial score (nSPS) is 14.7. The van der Waals surface area contributed by atoms with E-state index in [0.717, 1.165) is 11.1 Å². The topological polar surface area (TPSA) is 46.2 Å². The maximum Gasteiger partial charge on any atom is 0.241 e.